The molecule has 0 saturated heterocycles. The molecule has 1 aromatic carbocycles. The predicted molar refractivity (Wildman–Crippen MR) is 93.2 cm³/mol. The molecule has 1 N–H and O–H groups in total. The summed E-state index contributed by atoms with van der Waals surface area (Å²) in [6, 6.07) is 3.85. The van der Waals surface area contributed by atoms with E-state index in [-0.39, 0.29) is 29.7 Å². The fraction of sp³-hybridized carbons (Fsp3) is 0.529. The smallest absolute Gasteiger partial charge is 0.344 e. The lowest BCUT2D eigenvalue weighted by Crippen LogP contribution is -2.30. The third kappa shape index (κ3) is 7.82. The van der Waals surface area contributed by atoms with Crippen LogP contribution in [0.15, 0.2) is 18.2 Å². The van der Waals surface area contributed by atoms with Crippen LogP contribution in [0.2, 0.25) is 0 Å². The number of esters is 1. The molecule has 1 aromatic rings. The highest BCUT2D eigenvalue weighted by atomic mass is 16.6. The lowest BCUT2D eigenvalue weighted by atomic mass is 10.1. The molecule has 0 bridgehead atoms. The van der Waals surface area contributed by atoms with E-state index in [1.165, 1.54) is 25.3 Å². The van der Waals surface area contributed by atoms with E-state index in [0.29, 0.717) is 12.5 Å². The van der Waals surface area contributed by atoms with Crippen LogP contribution in [0.5, 0.6) is 11.5 Å². The predicted octanol–water partition coefficient (Wildman–Crippen LogP) is 2.08. The Labute approximate surface area is 151 Å². The van der Waals surface area contributed by atoms with Crippen LogP contribution in [-0.4, -0.2) is 43.7 Å². The monoisotopic (exact) mass is 368 g/mol. The Morgan fingerprint density at radius 3 is 2.62 bits per heavy atom. The molecule has 0 aromatic heterocycles. The van der Waals surface area contributed by atoms with Crippen molar-refractivity contribution in [3.8, 4) is 11.5 Å². The van der Waals surface area contributed by atoms with Gasteiger partial charge in [-0.25, -0.2) is 4.79 Å². The van der Waals surface area contributed by atoms with Crippen LogP contribution in [0.3, 0.4) is 0 Å². The number of hydrogen-bond donors (Lipinski definition) is 1. The van der Waals surface area contributed by atoms with E-state index in [4.69, 9.17) is 14.2 Å². The van der Waals surface area contributed by atoms with E-state index in [9.17, 15) is 19.7 Å². The number of hydrogen-bond acceptors (Lipinski definition) is 7. The minimum atomic E-state index is -0.723. The van der Waals surface area contributed by atoms with Crippen molar-refractivity contribution in [2.24, 2.45) is 5.92 Å². The summed E-state index contributed by atoms with van der Waals surface area (Å²) in [5.41, 5.74) is -0.212. The van der Waals surface area contributed by atoms with Crippen LogP contribution in [0.25, 0.3) is 0 Å². The molecule has 0 unspecified atom stereocenters. The first-order valence-corrected chi connectivity index (χ1v) is 8.21. The summed E-state index contributed by atoms with van der Waals surface area (Å²) in [5, 5.41) is 13.5. The zero-order chi connectivity index (χ0) is 19.5. The van der Waals surface area contributed by atoms with Crippen molar-refractivity contribution in [3.63, 3.8) is 0 Å². The van der Waals surface area contributed by atoms with Crippen molar-refractivity contribution in [1.82, 2.24) is 5.32 Å². The second-order valence-corrected chi connectivity index (χ2v) is 5.93. The lowest BCUT2D eigenvalue weighted by molar-refractivity contribution is -0.385. The zero-order valence-electron chi connectivity index (χ0n) is 15.1. The number of benzene rings is 1. The van der Waals surface area contributed by atoms with Crippen molar-refractivity contribution in [3.05, 3.63) is 28.3 Å². The third-order valence-corrected chi connectivity index (χ3v) is 3.35. The lowest BCUT2D eigenvalue weighted by Gasteiger charge is -2.09. The van der Waals surface area contributed by atoms with Crippen molar-refractivity contribution in [2.45, 2.75) is 26.7 Å². The highest BCUT2D eigenvalue weighted by molar-refractivity contribution is 5.80. The van der Waals surface area contributed by atoms with Gasteiger partial charge in [-0.15, -0.1) is 0 Å². The first-order chi connectivity index (χ1) is 12.3. The quantitative estimate of drug-likeness (QED) is 0.275. The summed E-state index contributed by atoms with van der Waals surface area (Å²) in [5.74, 6) is -0.303. The number of rotatable bonds is 11. The van der Waals surface area contributed by atoms with Crippen LogP contribution in [-0.2, 0) is 14.3 Å². The summed E-state index contributed by atoms with van der Waals surface area (Å²) in [4.78, 5) is 33.4. The van der Waals surface area contributed by atoms with Crippen LogP contribution in [0, 0.1) is 16.0 Å². The standard InChI is InChI=1S/C17H24N2O7/c1-12(2)5-4-8-18-16(20)10-26-17(21)11-25-13-6-7-14(19(22)23)15(9-13)24-3/h6-7,9,12H,4-5,8,10-11H2,1-3H3,(H,18,20). The van der Waals surface area contributed by atoms with E-state index in [0.717, 1.165) is 12.8 Å². The van der Waals surface area contributed by atoms with Gasteiger partial charge in [0.1, 0.15) is 5.75 Å². The van der Waals surface area contributed by atoms with E-state index in [2.05, 4.69) is 19.2 Å². The number of carbonyl (C=O) groups is 2. The summed E-state index contributed by atoms with van der Waals surface area (Å²) in [7, 11) is 1.29. The van der Waals surface area contributed by atoms with Crippen molar-refractivity contribution >= 4 is 17.6 Å². The molecule has 0 spiro atoms. The first-order valence-electron chi connectivity index (χ1n) is 8.21. The molecule has 1 rings (SSSR count). The Hall–Kier alpha value is -2.84. The number of nitro benzene ring substituents is 1. The van der Waals surface area contributed by atoms with Crippen molar-refractivity contribution in [1.29, 1.82) is 0 Å². The van der Waals surface area contributed by atoms with Gasteiger partial charge in [-0.05, 0) is 24.8 Å². The maximum absolute atomic E-state index is 11.6. The van der Waals surface area contributed by atoms with Crippen LogP contribution in [0.1, 0.15) is 26.7 Å². The minimum Gasteiger partial charge on any atom is -0.490 e. The molecule has 26 heavy (non-hydrogen) atoms. The molecule has 0 radical (unpaired) electrons. The second-order valence-electron chi connectivity index (χ2n) is 5.93. The van der Waals surface area contributed by atoms with Gasteiger partial charge in [0.2, 0.25) is 5.75 Å². The fourth-order valence-electron chi connectivity index (χ4n) is 2.02. The molecule has 0 atom stereocenters. The molecule has 0 fully saturated rings. The Kier molecular flexibility index (Phi) is 8.90. The zero-order valence-corrected chi connectivity index (χ0v) is 15.1. The van der Waals surface area contributed by atoms with Crippen LogP contribution >= 0.6 is 0 Å². The fourth-order valence-corrected chi connectivity index (χ4v) is 2.02. The molecule has 0 heterocycles. The largest absolute Gasteiger partial charge is 0.490 e. The van der Waals surface area contributed by atoms with Gasteiger partial charge in [0.05, 0.1) is 12.0 Å². The number of nitrogens with one attached hydrogen (secondary N) is 1. The van der Waals surface area contributed by atoms with E-state index in [1.54, 1.807) is 0 Å². The average molecular weight is 368 g/mol. The van der Waals surface area contributed by atoms with Gasteiger partial charge in [0, 0.05) is 18.7 Å². The van der Waals surface area contributed by atoms with Gasteiger partial charge >= 0.3 is 11.7 Å². The molecule has 144 valence electrons. The Bertz CT molecular complexity index is 632. The molecular formula is C17H24N2O7. The molecule has 0 aliphatic rings. The number of nitrogens with zero attached hydrogens (tertiary/aromatic N) is 1. The van der Waals surface area contributed by atoms with Gasteiger partial charge in [-0.1, -0.05) is 13.8 Å². The number of nitro groups is 1. The van der Waals surface area contributed by atoms with Gasteiger partial charge in [-0.2, -0.15) is 0 Å². The van der Waals surface area contributed by atoms with Gasteiger partial charge in [-0.3, -0.25) is 14.9 Å². The molecule has 9 nitrogen and oxygen atoms in total. The van der Waals surface area contributed by atoms with E-state index in [1.807, 2.05) is 0 Å². The molecule has 1 amide bonds. The number of methoxy groups -OCH3 is 1. The van der Waals surface area contributed by atoms with Gasteiger partial charge in [0.15, 0.2) is 13.2 Å². The normalized spacial score (nSPS) is 10.3. The average Bonchev–Trinajstić information content (AvgIpc) is 2.61. The number of amides is 1. The van der Waals surface area contributed by atoms with Gasteiger partial charge < -0.3 is 19.5 Å². The van der Waals surface area contributed by atoms with Crippen molar-refractivity contribution in [2.75, 3.05) is 26.9 Å². The summed E-state index contributed by atoms with van der Waals surface area (Å²) < 4.78 is 14.9. The molecule has 0 aliphatic carbocycles. The summed E-state index contributed by atoms with van der Waals surface area (Å²) in [6.07, 6.45) is 1.87. The summed E-state index contributed by atoms with van der Waals surface area (Å²) >= 11 is 0. The molecular weight excluding hydrogens is 344 g/mol. The van der Waals surface area contributed by atoms with Crippen molar-refractivity contribution < 1.29 is 28.7 Å². The first kappa shape index (κ1) is 21.2. The van der Waals surface area contributed by atoms with E-state index >= 15 is 0 Å². The van der Waals surface area contributed by atoms with Crippen LogP contribution < -0.4 is 14.8 Å². The minimum absolute atomic E-state index is 0.0154. The SMILES string of the molecule is COc1cc(OCC(=O)OCC(=O)NCCCC(C)C)ccc1[N+](=O)[O-]. The number of ether oxygens (including phenoxy) is 3. The topological polar surface area (TPSA) is 117 Å². The molecule has 9 heteroatoms. The highest BCUT2D eigenvalue weighted by Gasteiger charge is 2.16. The van der Waals surface area contributed by atoms with Gasteiger partial charge in [0.25, 0.3) is 5.91 Å². The molecule has 0 aliphatic heterocycles. The second kappa shape index (κ2) is 10.9. The number of carbonyl (C=O) groups excluding carboxylic acids is 2. The molecule has 0 saturated carbocycles. The Balaban J connectivity index is 2.34. The maximum Gasteiger partial charge on any atom is 0.344 e. The summed E-state index contributed by atoms with van der Waals surface area (Å²) in [6.45, 7) is 3.93. The van der Waals surface area contributed by atoms with Crippen LogP contribution in [0.4, 0.5) is 5.69 Å². The Morgan fingerprint density at radius 1 is 1.27 bits per heavy atom. The highest BCUT2D eigenvalue weighted by Crippen LogP contribution is 2.30. The third-order valence-electron chi connectivity index (χ3n) is 3.35. The Morgan fingerprint density at radius 2 is 2.00 bits per heavy atom. The van der Waals surface area contributed by atoms with E-state index < -0.39 is 17.5 Å². The maximum atomic E-state index is 11.6.